The lowest BCUT2D eigenvalue weighted by Gasteiger charge is -2.40. The summed E-state index contributed by atoms with van der Waals surface area (Å²) in [4.78, 5) is 19.1. The van der Waals surface area contributed by atoms with E-state index in [0.717, 1.165) is 53.6 Å². The summed E-state index contributed by atoms with van der Waals surface area (Å²) >= 11 is 3.26. The number of rotatable bonds is 6. The minimum Gasteiger partial charge on any atom is -0.379 e. The molecule has 0 N–H and O–H groups in total. The van der Waals surface area contributed by atoms with Crippen LogP contribution in [-0.2, 0) is 16.1 Å². The van der Waals surface area contributed by atoms with Crippen LogP contribution in [-0.4, -0.2) is 68.9 Å². The number of allylic oxidation sites excluding steroid dienone is 2. The van der Waals surface area contributed by atoms with E-state index in [4.69, 9.17) is 4.74 Å². The van der Waals surface area contributed by atoms with Crippen molar-refractivity contribution in [1.29, 1.82) is 0 Å². The fraction of sp³-hybridized carbons (Fsp3) is 0.296. The van der Waals surface area contributed by atoms with Crippen molar-refractivity contribution in [3.05, 3.63) is 84.7 Å². The minimum atomic E-state index is 0.00637. The zero-order valence-electron chi connectivity index (χ0n) is 19.8. The lowest BCUT2D eigenvalue weighted by atomic mass is 10.0. The van der Waals surface area contributed by atoms with E-state index in [-0.39, 0.29) is 23.0 Å². The molecular weight excluding hydrogens is 490 g/mol. The van der Waals surface area contributed by atoms with Gasteiger partial charge in [-0.15, -0.1) is 22.0 Å². The number of carbonyl (C=O) groups excluding carboxylic acids is 1. The highest BCUT2D eigenvalue weighted by molar-refractivity contribution is 8.00. The summed E-state index contributed by atoms with van der Waals surface area (Å²) in [5, 5.41) is 10.0. The quantitative estimate of drug-likeness (QED) is 0.454. The maximum absolute atomic E-state index is 13.7. The lowest BCUT2D eigenvalue weighted by Crippen LogP contribution is -2.48. The van der Waals surface area contributed by atoms with Gasteiger partial charge in [0.05, 0.1) is 42.5 Å². The molecule has 2 atom stereocenters. The van der Waals surface area contributed by atoms with Crippen LogP contribution in [0.5, 0.6) is 0 Å². The van der Waals surface area contributed by atoms with Crippen LogP contribution in [0, 0.1) is 0 Å². The van der Waals surface area contributed by atoms with Crippen molar-refractivity contribution in [2.24, 2.45) is 0 Å². The summed E-state index contributed by atoms with van der Waals surface area (Å²) in [6.45, 7) is 3.91. The van der Waals surface area contributed by atoms with Crippen molar-refractivity contribution in [1.82, 2.24) is 19.7 Å². The molecule has 2 aliphatic heterocycles. The van der Waals surface area contributed by atoms with E-state index in [0.29, 0.717) is 6.54 Å². The summed E-state index contributed by atoms with van der Waals surface area (Å²) in [6, 6.07) is 18.3. The van der Waals surface area contributed by atoms with Crippen LogP contribution in [0.3, 0.4) is 0 Å². The number of nitrogens with zero attached hydrogens (tertiary/aromatic N) is 5. The molecule has 0 radical (unpaired) electrons. The van der Waals surface area contributed by atoms with Gasteiger partial charge in [0, 0.05) is 23.7 Å². The Labute approximate surface area is 219 Å². The second-order valence-electron chi connectivity index (χ2n) is 8.82. The zero-order chi connectivity index (χ0) is 24.3. The van der Waals surface area contributed by atoms with Gasteiger partial charge in [-0.05, 0) is 24.3 Å². The van der Waals surface area contributed by atoms with E-state index in [1.165, 1.54) is 11.8 Å². The predicted octanol–water partition coefficient (Wildman–Crippen LogP) is 4.19. The molecule has 2 aromatic carbocycles. The van der Waals surface area contributed by atoms with Crippen LogP contribution in [0.15, 0.2) is 89.0 Å². The van der Waals surface area contributed by atoms with Gasteiger partial charge in [-0.1, -0.05) is 66.4 Å². The number of benzene rings is 2. The molecule has 6 rings (SSSR count). The van der Waals surface area contributed by atoms with Crippen LogP contribution in [0.1, 0.15) is 5.82 Å². The third-order valence-corrected chi connectivity index (χ3v) is 8.74. The Balaban J connectivity index is 1.26. The molecule has 1 aliphatic carbocycles. The molecule has 1 aromatic heterocycles. The third kappa shape index (κ3) is 4.76. The molecule has 0 spiro atoms. The summed E-state index contributed by atoms with van der Waals surface area (Å²) < 4.78 is 7.58. The maximum Gasteiger partial charge on any atom is 0.238 e. The molecule has 0 unspecified atom stereocenters. The molecule has 1 fully saturated rings. The van der Waals surface area contributed by atoms with Crippen LogP contribution in [0.25, 0.3) is 5.69 Å². The first-order valence-corrected chi connectivity index (χ1v) is 14.0. The van der Waals surface area contributed by atoms with E-state index >= 15 is 0 Å². The number of hydrogen-bond acceptors (Lipinski definition) is 7. The van der Waals surface area contributed by atoms with E-state index in [2.05, 4.69) is 56.1 Å². The van der Waals surface area contributed by atoms with Crippen molar-refractivity contribution < 1.29 is 9.53 Å². The zero-order valence-corrected chi connectivity index (χ0v) is 21.4. The molecule has 36 heavy (non-hydrogen) atoms. The van der Waals surface area contributed by atoms with Gasteiger partial charge in [0.2, 0.25) is 5.91 Å². The third-order valence-electron chi connectivity index (χ3n) is 6.52. The number of para-hydroxylation sites is 2. The number of ether oxygens (including phenoxy) is 1. The SMILES string of the molecule is O=C(CSc1nnc(CN2CCOCC2)n1-c1ccccc1)N1c2ccccc2S[C@@H]2C=CC=C[C@@H]21. The molecule has 1 amide bonds. The van der Waals surface area contributed by atoms with Gasteiger partial charge in [-0.3, -0.25) is 14.3 Å². The van der Waals surface area contributed by atoms with E-state index in [9.17, 15) is 4.79 Å². The topological polar surface area (TPSA) is 63.5 Å². The number of amides is 1. The normalized spacial score (nSPS) is 21.3. The molecule has 9 heteroatoms. The van der Waals surface area contributed by atoms with E-state index in [1.54, 1.807) is 0 Å². The summed E-state index contributed by atoms with van der Waals surface area (Å²) in [5.41, 5.74) is 1.98. The van der Waals surface area contributed by atoms with Crippen LogP contribution in [0.2, 0.25) is 0 Å². The number of morpholine rings is 1. The van der Waals surface area contributed by atoms with Crippen molar-refractivity contribution in [3.63, 3.8) is 0 Å². The van der Waals surface area contributed by atoms with Crippen molar-refractivity contribution in [2.75, 3.05) is 37.0 Å². The smallest absolute Gasteiger partial charge is 0.238 e. The fourth-order valence-corrected chi connectivity index (χ4v) is 6.86. The second kappa shape index (κ2) is 10.6. The molecule has 0 bridgehead atoms. The molecule has 0 saturated carbocycles. The summed E-state index contributed by atoms with van der Waals surface area (Å²) in [7, 11) is 0. The molecule has 3 aliphatic rings. The molecule has 1 saturated heterocycles. The second-order valence-corrected chi connectivity index (χ2v) is 11.0. The molecular formula is C27H27N5O2S2. The Kier molecular flexibility index (Phi) is 6.96. The van der Waals surface area contributed by atoms with Crippen LogP contribution >= 0.6 is 23.5 Å². The van der Waals surface area contributed by atoms with Gasteiger partial charge >= 0.3 is 0 Å². The van der Waals surface area contributed by atoms with E-state index < -0.39 is 0 Å². The van der Waals surface area contributed by atoms with Gasteiger partial charge < -0.3 is 9.64 Å². The highest BCUT2D eigenvalue weighted by Crippen LogP contribution is 2.43. The standard InChI is InChI=1S/C27H27N5O2S2/c33-26(32-21-10-4-6-12-23(21)36-24-13-7-5-11-22(24)32)19-35-27-29-28-25(18-30-14-16-34-17-15-30)31(27)20-8-2-1-3-9-20/h1-13,21,23H,14-19H2/t21-,23+/m0/s1. The fourth-order valence-electron chi connectivity index (χ4n) is 4.77. The first-order chi connectivity index (χ1) is 17.8. The first kappa shape index (κ1) is 23.5. The number of thioether (sulfide) groups is 2. The summed E-state index contributed by atoms with van der Waals surface area (Å²) in [5.74, 6) is 1.22. The summed E-state index contributed by atoms with van der Waals surface area (Å²) in [6.07, 6.45) is 8.41. The number of anilines is 1. The predicted molar refractivity (Wildman–Crippen MR) is 144 cm³/mol. The Bertz CT molecular complexity index is 1290. The number of hydrogen-bond donors (Lipinski definition) is 0. The Morgan fingerprint density at radius 1 is 1.00 bits per heavy atom. The molecule has 184 valence electrons. The lowest BCUT2D eigenvalue weighted by molar-refractivity contribution is -0.116. The first-order valence-electron chi connectivity index (χ1n) is 12.1. The highest BCUT2D eigenvalue weighted by atomic mass is 32.2. The van der Waals surface area contributed by atoms with Gasteiger partial charge in [-0.25, -0.2) is 0 Å². The van der Waals surface area contributed by atoms with Gasteiger partial charge in [0.1, 0.15) is 0 Å². The van der Waals surface area contributed by atoms with E-state index in [1.807, 2.05) is 59.1 Å². The van der Waals surface area contributed by atoms with Crippen molar-refractivity contribution in [2.45, 2.75) is 27.9 Å². The molecule has 7 nitrogen and oxygen atoms in total. The molecule has 3 heterocycles. The van der Waals surface area contributed by atoms with Gasteiger partial charge in [0.15, 0.2) is 11.0 Å². The Morgan fingerprint density at radius 2 is 1.78 bits per heavy atom. The average molecular weight is 518 g/mol. The number of carbonyl (C=O) groups is 1. The average Bonchev–Trinajstić information content (AvgIpc) is 3.33. The van der Waals surface area contributed by atoms with Crippen molar-refractivity contribution >= 4 is 35.1 Å². The number of aromatic nitrogens is 3. The van der Waals surface area contributed by atoms with Crippen molar-refractivity contribution in [3.8, 4) is 5.69 Å². The maximum atomic E-state index is 13.7. The largest absolute Gasteiger partial charge is 0.379 e. The monoisotopic (exact) mass is 517 g/mol. The molecule has 3 aromatic rings. The number of fused-ring (bicyclic) bond motifs is 2. The highest BCUT2D eigenvalue weighted by Gasteiger charge is 2.36. The van der Waals surface area contributed by atoms with Gasteiger partial charge in [-0.2, -0.15) is 0 Å². The van der Waals surface area contributed by atoms with Crippen LogP contribution in [0.4, 0.5) is 5.69 Å². The Hall–Kier alpha value is -2.85. The van der Waals surface area contributed by atoms with Crippen LogP contribution < -0.4 is 4.90 Å². The Morgan fingerprint density at radius 3 is 2.64 bits per heavy atom. The minimum absolute atomic E-state index is 0.00637. The van der Waals surface area contributed by atoms with Gasteiger partial charge in [0.25, 0.3) is 0 Å².